The van der Waals surface area contributed by atoms with Gasteiger partial charge in [-0.1, -0.05) is 25.0 Å². The molecule has 210 valence electrons. The first kappa shape index (κ1) is 27.9. The number of aromatic nitrogens is 1. The lowest BCUT2D eigenvalue weighted by molar-refractivity contribution is -0.134. The summed E-state index contributed by atoms with van der Waals surface area (Å²) in [4.78, 5) is 20.8. The Balaban J connectivity index is 1.43. The third-order valence-electron chi connectivity index (χ3n) is 7.94. The van der Waals surface area contributed by atoms with E-state index in [1.807, 2.05) is 29.2 Å². The number of thiazole rings is 1. The average molecular weight is 581 g/mol. The van der Waals surface area contributed by atoms with Crippen LogP contribution < -0.4 is 10.2 Å². The lowest BCUT2D eigenvalue weighted by Crippen LogP contribution is -2.42. The molecule has 1 aromatic heterocycles. The van der Waals surface area contributed by atoms with E-state index in [1.54, 1.807) is 0 Å². The topological polar surface area (TPSA) is 103 Å². The zero-order chi connectivity index (χ0) is 27.8. The number of halogens is 3. The summed E-state index contributed by atoms with van der Waals surface area (Å²) in [6, 6.07) is 9.80. The number of hydrogen-bond donors (Lipinski definition) is 1. The van der Waals surface area contributed by atoms with Crippen molar-refractivity contribution in [1.82, 2.24) is 10.3 Å². The molecule has 7 nitrogen and oxygen atoms in total. The molecule has 2 aliphatic carbocycles. The van der Waals surface area contributed by atoms with Crippen molar-refractivity contribution < 1.29 is 26.4 Å². The summed E-state index contributed by atoms with van der Waals surface area (Å²) >= 11 is 1.24. The highest BCUT2D eigenvalue weighted by molar-refractivity contribution is 7.91. The Hall–Kier alpha value is -2.65. The lowest BCUT2D eigenvalue weighted by Gasteiger charge is -2.31. The molecular formula is C27H31F3N4O3S2. The number of nitriles is 1. The fourth-order valence-corrected chi connectivity index (χ4v) is 7.82. The standard InChI is InChI=1S/C27H31F3N4O3S2/c28-27(29,30)10-9-22-32-23(20-3-1-2-4-21(20)25(35)33-26(17-31)11-12-26)24(38-22)18-5-7-19(8-6-18)34-13-15-39(36,37)16-14-34/h5-8,20-21H,1-4,9-16H2,(H,33,35)/t20-,21-/m1/s1. The van der Waals surface area contributed by atoms with Crippen LogP contribution in [0.2, 0.25) is 0 Å². The fourth-order valence-electron chi connectivity index (χ4n) is 5.48. The first-order valence-corrected chi connectivity index (χ1v) is 16.0. The van der Waals surface area contributed by atoms with Crippen LogP contribution in [0, 0.1) is 17.2 Å². The summed E-state index contributed by atoms with van der Waals surface area (Å²) in [6.07, 6.45) is -1.11. The van der Waals surface area contributed by atoms with Crippen LogP contribution in [0.4, 0.5) is 18.9 Å². The number of benzene rings is 1. The van der Waals surface area contributed by atoms with Crippen molar-refractivity contribution in [2.45, 2.75) is 69.0 Å². The molecule has 5 rings (SSSR count). The zero-order valence-electron chi connectivity index (χ0n) is 21.5. The monoisotopic (exact) mass is 580 g/mol. The normalized spacial score (nSPS) is 24.1. The molecule has 2 saturated carbocycles. The summed E-state index contributed by atoms with van der Waals surface area (Å²) < 4.78 is 62.6. The zero-order valence-corrected chi connectivity index (χ0v) is 23.1. The summed E-state index contributed by atoms with van der Waals surface area (Å²) in [5.41, 5.74) is 1.58. The maximum atomic E-state index is 13.3. The van der Waals surface area contributed by atoms with Crippen LogP contribution >= 0.6 is 11.3 Å². The van der Waals surface area contributed by atoms with Gasteiger partial charge in [-0.05, 0) is 43.4 Å². The van der Waals surface area contributed by atoms with Gasteiger partial charge in [0.15, 0.2) is 9.84 Å². The molecular weight excluding hydrogens is 549 g/mol. The maximum Gasteiger partial charge on any atom is 0.389 e. The van der Waals surface area contributed by atoms with Gasteiger partial charge in [-0.2, -0.15) is 18.4 Å². The number of amides is 1. The van der Waals surface area contributed by atoms with Gasteiger partial charge in [0.1, 0.15) is 5.54 Å². The first-order valence-electron chi connectivity index (χ1n) is 13.3. The van der Waals surface area contributed by atoms with E-state index in [4.69, 9.17) is 4.98 Å². The van der Waals surface area contributed by atoms with Gasteiger partial charge in [0, 0.05) is 43.5 Å². The third kappa shape index (κ3) is 6.57. The molecule has 0 spiro atoms. The first-order chi connectivity index (χ1) is 18.5. The highest BCUT2D eigenvalue weighted by Crippen LogP contribution is 2.45. The number of nitrogens with one attached hydrogen (secondary N) is 1. The average Bonchev–Trinajstić information content (AvgIpc) is 3.55. The molecule has 2 heterocycles. The van der Waals surface area contributed by atoms with Crippen LogP contribution in [0.25, 0.3) is 10.4 Å². The van der Waals surface area contributed by atoms with Gasteiger partial charge in [0.25, 0.3) is 0 Å². The summed E-state index contributed by atoms with van der Waals surface area (Å²) in [5.74, 6) is -0.602. The van der Waals surface area contributed by atoms with E-state index in [9.17, 15) is 31.6 Å². The maximum absolute atomic E-state index is 13.3. The molecule has 1 amide bonds. The van der Waals surface area contributed by atoms with E-state index in [-0.39, 0.29) is 29.8 Å². The second kappa shape index (κ2) is 10.7. The van der Waals surface area contributed by atoms with Crippen molar-refractivity contribution in [2.75, 3.05) is 29.5 Å². The Morgan fingerprint density at radius 2 is 1.82 bits per heavy atom. The van der Waals surface area contributed by atoms with Gasteiger partial charge in [-0.25, -0.2) is 13.4 Å². The molecule has 0 radical (unpaired) electrons. The second-order valence-electron chi connectivity index (χ2n) is 10.8. The molecule has 12 heteroatoms. The molecule has 0 bridgehead atoms. The van der Waals surface area contributed by atoms with Crippen molar-refractivity contribution in [3.63, 3.8) is 0 Å². The number of carbonyl (C=O) groups is 1. The summed E-state index contributed by atoms with van der Waals surface area (Å²) in [7, 11) is -3.01. The van der Waals surface area contributed by atoms with E-state index < -0.39 is 33.9 Å². The molecule has 1 saturated heterocycles. The van der Waals surface area contributed by atoms with Gasteiger partial charge in [0.05, 0.1) is 33.2 Å². The minimum Gasteiger partial charge on any atom is -0.369 e. The van der Waals surface area contributed by atoms with Gasteiger partial charge >= 0.3 is 6.18 Å². The van der Waals surface area contributed by atoms with Gasteiger partial charge in [-0.15, -0.1) is 11.3 Å². The molecule has 3 aliphatic rings. The largest absolute Gasteiger partial charge is 0.389 e. The number of anilines is 1. The quantitative estimate of drug-likeness (QED) is 0.495. The Morgan fingerprint density at radius 3 is 2.44 bits per heavy atom. The van der Waals surface area contributed by atoms with Crippen LogP contribution in [0.5, 0.6) is 0 Å². The van der Waals surface area contributed by atoms with E-state index >= 15 is 0 Å². The number of aryl methyl sites for hydroxylation is 1. The smallest absolute Gasteiger partial charge is 0.369 e. The van der Waals surface area contributed by atoms with Crippen LogP contribution in [0.3, 0.4) is 0 Å². The van der Waals surface area contributed by atoms with Crippen LogP contribution in [0.15, 0.2) is 24.3 Å². The second-order valence-corrected chi connectivity index (χ2v) is 14.2. The molecule has 0 unspecified atom stereocenters. The molecule has 1 N–H and O–H groups in total. The minimum atomic E-state index is -4.29. The van der Waals surface area contributed by atoms with E-state index in [0.29, 0.717) is 49.5 Å². The molecule has 2 atom stereocenters. The minimum absolute atomic E-state index is 0.106. The van der Waals surface area contributed by atoms with E-state index in [0.717, 1.165) is 29.0 Å². The highest BCUT2D eigenvalue weighted by Gasteiger charge is 2.47. The Bertz CT molecular complexity index is 1350. The van der Waals surface area contributed by atoms with E-state index in [2.05, 4.69) is 11.4 Å². The highest BCUT2D eigenvalue weighted by atomic mass is 32.2. The van der Waals surface area contributed by atoms with Gasteiger partial charge < -0.3 is 10.2 Å². The Kier molecular flexibility index (Phi) is 7.68. The summed E-state index contributed by atoms with van der Waals surface area (Å²) in [5, 5.41) is 12.8. The van der Waals surface area contributed by atoms with Crippen molar-refractivity contribution in [3.8, 4) is 16.5 Å². The predicted molar refractivity (Wildman–Crippen MR) is 143 cm³/mol. The van der Waals surface area contributed by atoms with Crippen molar-refractivity contribution >= 4 is 32.8 Å². The van der Waals surface area contributed by atoms with Gasteiger partial charge in [-0.3, -0.25) is 4.79 Å². The summed E-state index contributed by atoms with van der Waals surface area (Å²) in [6.45, 7) is 0.830. The van der Waals surface area contributed by atoms with Crippen LogP contribution in [-0.2, 0) is 21.1 Å². The number of sulfone groups is 1. The SMILES string of the molecule is N#CC1(NC(=O)[C@@H]2CCCC[C@H]2c2nc(CCC(F)(F)F)sc2-c2ccc(N3CCS(=O)(=O)CC3)cc2)CC1. The fraction of sp³-hybridized carbons (Fsp3) is 0.593. The van der Waals surface area contributed by atoms with E-state index in [1.165, 1.54) is 11.3 Å². The van der Waals surface area contributed by atoms with Crippen molar-refractivity contribution in [3.05, 3.63) is 35.0 Å². The molecule has 39 heavy (non-hydrogen) atoms. The number of hydrogen-bond acceptors (Lipinski definition) is 7. The van der Waals surface area contributed by atoms with Crippen LogP contribution in [-0.4, -0.2) is 55.6 Å². The number of alkyl halides is 3. The van der Waals surface area contributed by atoms with Crippen molar-refractivity contribution in [1.29, 1.82) is 5.26 Å². The third-order valence-corrected chi connectivity index (χ3v) is 10.7. The number of rotatable bonds is 7. The molecule has 3 fully saturated rings. The lowest BCUT2D eigenvalue weighted by atomic mass is 9.76. The molecule has 1 aromatic carbocycles. The Labute approximate surface area is 230 Å². The molecule has 1 aliphatic heterocycles. The number of carbonyl (C=O) groups excluding carboxylic acids is 1. The predicted octanol–water partition coefficient (Wildman–Crippen LogP) is 4.99. The number of nitrogens with zero attached hydrogens (tertiary/aromatic N) is 3. The van der Waals surface area contributed by atoms with Crippen molar-refractivity contribution in [2.24, 2.45) is 5.92 Å². The Morgan fingerprint density at radius 1 is 1.15 bits per heavy atom. The van der Waals surface area contributed by atoms with Gasteiger partial charge in [0.2, 0.25) is 5.91 Å². The van der Waals surface area contributed by atoms with Crippen LogP contribution in [0.1, 0.15) is 61.6 Å². The molecule has 2 aromatic rings.